The highest BCUT2D eigenvalue weighted by Crippen LogP contribution is 2.31. The zero-order valence-electron chi connectivity index (χ0n) is 4.60. The van der Waals surface area contributed by atoms with E-state index in [9.17, 15) is 0 Å². The van der Waals surface area contributed by atoms with Gasteiger partial charge in [-0.1, -0.05) is 6.42 Å². The van der Waals surface area contributed by atoms with Gasteiger partial charge >= 0.3 is 0 Å². The molecule has 0 aromatic rings. The van der Waals surface area contributed by atoms with Gasteiger partial charge in [0.2, 0.25) is 0 Å². The third-order valence-electron chi connectivity index (χ3n) is 1.69. The molecule has 1 aliphatic carbocycles. The highest BCUT2D eigenvalue weighted by molar-refractivity contribution is 6.22. The quantitative estimate of drug-likeness (QED) is 0.497. The van der Waals surface area contributed by atoms with E-state index in [0.717, 1.165) is 12.8 Å². The Hall–Kier alpha value is -0.220. The summed E-state index contributed by atoms with van der Waals surface area (Å²) in [5.74, 6) is 0.502. The van der Waals surface area contributed by atoms with Crippen LogP contribution in [0.1, 0.15) is 19.3 Å². The van der Waals surface area contributed by atoms with E-state index >= 15 is 0 Å². The molecule has 0 heterocycles. The molecule has 44 valence electrons. The van der Waals surface area contributed by atoms with Crippen molar-refractivity contribution in [2.45, 2.75) is 24.6 Å². The van der Waals surface area contributed by atoms with Gasteiger partial charge in [-0.3, -0.25) is 0 Å². The predicted molar refractivity (Wildman–Crippen MR) is 32.6 cm³/mol. The molecule has 1 nitrogen and oxygen atoms in total. The summed E-state index contributed by atoms with van der Waals surface area (Å²) in [6.45, 7) is 0. The molecule has 0 bridgehead atoms. The van der Waals surface area contributed by atoms with Crippen LogP contribution in [-0.4, -0.2) is 5.38 Å². The first-order valence-electron chi connectivity index (χ1n) is 2.88. The largest absolute Gasteiger partial charge is 0.197 e. The smallest absolute Gasteiger partial charge is 0.123 e. The minimum absolute atomic E-state index is 0.219. The molecule has 0 amide bonds. The van der Waals surface area contributed by atoms with Crippen LogP contribution < -0.4 is 0 Å². The Bertz CT molecular complexity index is 112. The number of rotatable bonds is 1. The lowest BCUT2D eigenvalue weighted by Crippen LogP contribution is -2.20. The Morgan fingerprint density at radius 3 is 2.38 bits per heavy atom. The third kappa shape index (κ3) is 0.952. The molecule has 1 saturated carbocycles. The molecule has 0 N–H and O–H groups in total. The fourth-order valence-electron chi connectivity index (χ4n) is 0.838. The maximum atomic E-state index is 8.29. The van der Waals surface area contributed by atoms with Gasteiger partial charge in [-0.25, -0.2) is 0 Å². The first kappa shape index (κ1) is 5.91. The van der Waals surface area contributed by atoms with Crippen LogP contribution in [0.3, 0.4) is 0 Å². The Balaban J connectivity index is 2.26. The fourth-order valence-corrected chi connectivity index (χ4v) is 1.09. The lowest BCUT2D eigenvalue weighted by atomic mass is 9.83. The SMILES string of the molecule is N#CC(Cl)C1CCC1. The molecule has 1 fully saturated rings. The average molecular weight is 130 g/mol. The fraction of sp³-hybridized carbons (Fsp3) is 0.833. The van der Waals surface area contributed by atoms with E-state index in [4.69, 9.17) is 16.9 Å². The van der Waals surface area contributed by atoms with Crippen molar-refractivity contribution in [3.05, 3.63) is 0 Å². The van der Waals surface area contributed by atoms with E-state index in [1.165, 1.54) is 6.42 Å². The van der Waals surface area contributed by atoms with Gasteiger partial charge in [-0.15, -0.1) is 11.6 Å². The third-order valence-corrected chi connectivity index (χ3v) is 2.14. The highest BCUT2D eigenvalue weighted by atomic mass is 35.5. The van der Waals surface area contributed by atoms with Crippen molar-refractivity contribution >= 4 is 11.6 Å². The maximum absolute atomic E-state index is 8.29. The van der Waals surface area contributed by atoms with Crippen LogP contribution >= 0.6 is 11.6 Å². The summed E-state index contributed by atoms with van der Waals surface area (Å²) in [5.41, 5.74) is 0. The van der Waals surface area contributed by atoms with E-state index in [2.05, 4.69) is 0 Å². The summed E-state index contributed by atoms with van der Waals surface area (Å²) in [7, 11) is 0. The average Bonchev–Trinajstić information content (AvgIpc) is 1.62. The molecule has 8 heavy (non-hydrogen) atoms. The van der Waals surface area contributed by atoms with Crippen molar-refractivity contribution in [1.29, 1.82) is 5.26 Å². The van der Waals surface area contributed by atoms with Crippen molar-refractivity contribution < 1.29 is 0 Å². The molecule has 0 aromatic carbocycles. The van der Waals surface area contributed by atoms with Gasteiger partial charge in [-0.2, -0.15) is 5.26 Å². The molecule has 0 aliphatic heterocycles. The van der Waals surface area contributed by atoms with E-state index in [1.807, 2.05) is 6.07 Å². The van der Waals surface area contributed by atoms with Crippen LogP contribution in [0.15, 0.2) is 0 Å². The van der Waals surface area contributed by atoms with Crippen molar-refractivity contribution in [2.24, 2.45) is 5.92 Å². The molecule has 0 radical (unpaired) electrons. The van der Waals surface area contributed by atoms with Gasteiger partial charge in [0.15, 0.2) is 0 Å². The standard InChI is InChI=1S/C6H8ClN/c7-6(4-8)5-2-1-3-5/h5-6H,1-3H2. The molecule has 1 atom stereocenters. The topological polar surface area (TPSA) is 23.8 Å². The highest BCUT2D eigenvalue weighted by Gasteiger charge is 2.24. The summed E-state index contributed by atoms with van der Waals surface area (Å²) >= 11 is 5.61. The lowest BCUT2D eigenvalue weighted by molar-refractivity contribution is 0.326. The molecule has 0 spiro atoms. The van der Waals surface area contributed by atoms with Crippen LogP contribution in [0.25, 0.3) is 0 Å². The van der Waals surface area contributed by atoms with E-state index < -0.39 is 0 Å². The van der Waals surface area contributed by atoms with Crippen LogP contribution in [0.5, 0.6) is 0 Å². The maximum Gasteiger partial charge on any atom is 0.123 e. The Kier molecular flexibility index (Phi) is 1.75. The van der Waals surface area contributed by atoms with E-state index in [-0.39, 0.29) is 5.38 Å². The second-order valence-corrected chi connectivity index (χ2v) is 2.69. The summed E-state index contributed by atoms with van der Waals surface area (Å²) in [6, 6.07) is 2.03. The molecular formula is C6H8ClN. The molecule has 2 heteroatoms. The van der Waals surface area contributed by atoms with Gasteiger partial charge in [0.25, 0.3) is 0 Å². The molecule has 0 saturated heterocycles. The number of halogens is 1. The first-order chi connectivity index (χ1) is 3.84. The monoisotopic (exact) mass is 129 g/mol. The lowest BCUT2D eigenvalue weighted by Gasteiger charge is -2.25. The molecule has 1 unspecified atom stereocenters. The van der Waals surface area contributed by atoms with Gasteiger partial charge in [0.05, 0.1) is 6.07 Å². The van der Waals surface area contributed by atoms with Crippen LogP contribution in [0.4, 0.5) is 0 Å². The van der Waals surface area contributed by atoms with Crippen molar-refractivity contribution in [1.82, 2.24) is 0 Å². The normalized spacial score (nSPS) is 23.5. The number of alkyl halides is 1. The second-order valence-electron chi connectivity index (χ2n) is 2.22. The van der Waals surface area contributed by atoms with Gasteiger partial charge in [0.1, 0.15) is 5.38 Å². The minimum Gasteiger partial charge on any atom is -0.197 e. The summed E-state index contributed by atoms with van der Waals surface area (Å²) in [5, 5.41) is 8.07. The number of hydrogen-bond donors (Lipinski definition) is 0. The number of nitriles is 1. The molecule has 1 rings (SSSR count). The summed E-state index contributed by atoms with van der Waals surface area (Å²) in [4.78, 5) is 0. The predicted octanol–water partition coefficient (Wildman–Crippen LogP) is 1.92. The summed E-state index contributed by atoms with van der Waals surface area (Å²) in [6.07, 6.45) is 3.57. The number of hydrogen-bond acceptors (Lipinski definition) is 1. The first-order valence-corrected chi connectivity index (χ1v) is 3.32. The van der Waals surface area contributed by atoms with Crippen LogP contribution in [0, 0.1) is 17.2 Å². The molecule has 1 aliphatic rings. The van der Waals surface area contributed by atoms with Crippen LogP contribution in [0.2, 0.25) is 0 Å². The van der Waals surface area contributed by atoms with Gasteiger partial charge in [0, 0.05) is 0 Å². The Morgan fingerprint density at radius 2 is 2.25 bits per heavy atom. The summed E-state index contributed by atoms with van der Waals surface area (Å²) < 4.78 is 0. The Labute approximate surface area is 54.3 Å². The van der Waals surface area contributed by atoms with Crippen molar-refractivity contribution in [3.63, 3.8) is 0 Å². The second kappa shape index (κ2) is 2.37. The molecular weight excluding hydrogens is 122 g/mol. The van der Waals surface area contributed by atoms with Crippen LogP contribution in [-0.2, 0) is 0 Å². The minimum atomic E-state index is -0.219. The molecule has 0 aromatic heterocycles. The number of nitrogens with zero attached hydrogens (tertiary/aromatic N) is 1. The zero-order chi connectivity index (χ0) is 5.98. The van der Waals surface area contributed by atoms with Crippen molar-refractivity contribution in [3.8, 4) is 6.07 Å². The van der Waals surface area contributed by atoms with Gasteiger partial charge in [-0.05, 0) is 18.8 Å². The zero-order valence-corrected chi connectivity index (χ0v) is 5.36. The van der Waals surface area contributed by atoms with E-state index in [1.54, 1.807) is 0 Å². The van der Waals surface area contributed by atoms with Crippen molar-refractivity contribution in [2.75, 3.05) is 0 Å². The van der Waals surface area contributed by atoms with E-state index in [0.29, 0.717) is 5.92 Å². The Morgan fingerprint density at radius 1 is 1.62 bits per heavy atom. The van der Waals surface area contributed by atoms with Gasteiger partial charge < -0.3 is 0 Å².